The Hall–Kier alpha value is -2.25. The van der Waals surface area contributed by atoms with Gasteiger partial charge in [-0.25, -0.2) is 0 Å². The summed E-state index contributed by atoms with van der Waals surface area (Å²) in [5.74, 6) is 1.34. The Labute approximate surface area is 196 Å². The van der Waals surface area contributed by atoms with Gasteiger partial charge in [-0.05, 0) is 64.1 Å². The molecule has 2 N–H and O–H groups in total. The highest BCUT2D eigenvalue weighted by Gasteiger charge is 2.45. The molecule has 3 fully saturated rings. The van der Waals surface area contributed by atoms with Gasteiger partial charge in [-0.2, -0.15) is 4.98 Å². The molecule has 2 aromatic rings. The summed E-state index contributed by atoms with van der Waals surface area (Å²) in [5, 5.41) is 4.47. The third kappa shape index (κ3) is 4.21. The van der Waals surface area contributed by atoms with Crippen molar-refractivity contribution in [2.45, 2.75) is 82.2 Å². The lowest BCUT2D eigenvalue weighted by Gasteiger charge is -2.48. The molecule has 0 unspecified atom stereocenters. The van der Waals surface area contributed by atoms with Crippen molar-refractivity contribution in [3.8, 4) is 0 Å². The van der Waals surface area contributed by atoms with Crippen LogP contribution in [0.25, 0.3) is 0 Å². The summed E-state index contributed by atoms with van der Waals surface area (Å²) in [7, 11) is 0. The number of amides is 1. The molecule has 1 aromatic heterocycles. The molecule has 0 bridgehead atoms. The zero-order chi connectivity index (χ0) is 22.9. The highest BCUT2D eigenvalue weighted by molar-refractivity contribution is 5.84. The summed E-state index contributed by atoms with van der Waals surface area (Å²) in [4.78, 5) is 22.1. The number of aromatic nitrogens is 2. The van der Waals surface area contributed by atoms with Crippen LogP contribution < -0.4 is 5.73 Å². The van der Waals surface area contributed by atoms with E-state index in [0.29, 0.717) is 12.4 Å². The van der Waals surface area contributed by atoms with Gasteiger partial charge in [-0.15, -0.1) is 0 Å². The van der Waals surface area contributed by atoms with E-state index in [1.807, 2.05) is 0 Å². The minimum atomic E-state index is -0.490. The van der Waals surface area contributed by atoms with E-state index < -0.39 is 5.54 Å². The molecular weight excluding hydrogens is 414 g/mol. The van der Waals surface area contributed by atoms with Crippen LogP contribution in [0.3, 0.4) is 0 Å². The van der Waals surface area contributed by atoms with Crippen LogP contribution in [0.2, 0.25) is 0 Å². The molecule has 0 spiro atoms. The summed E-state index contributed by atoms with van der Waals surface area (Å²) in [6, 6.07) is 8.81. The van der Waals surface area contributed by atoms with Gasteiger partial charge in [0, 0.05) is 13.1 Å². The summed E-state index contributed by atoms with van der Waals surface area (Å²) in [5.41, 5.74) is 7.88. The Morgan fingerprint density at radius 1 is 0.970 bits per heavy atom. The molecule has 1 aliphatic carbocycles. The Balaban J connectivity index is 1.28. The van der Waals surface area contributed by atoms with Crippen molar-refractivity contribution in [1.29, 1.82) is 0 Å². The first-order valence-electron chi connectivity index (χ1n) is 12.7. The molecule has 33 heavy (non-hydrogen) atoms. The zero-order valence-corrected chi connectivity index (χ0v) is 19.9. The Kier molecular flexibility index (Phi) is 6.27. The third-order valence-electron chi connectivity index (χ3n) is 8.42. The van der Waals surface area contributed by atoms with Gasteiger partial charge in [0.25, 0.3) is 0 Å². The van der Waals surface area contributed by atoms with Crippen LogP contribution in [0, 0.1) is 6.92 Å². The lowest BCUT2D eigenvalue weighted by atomic mass is 9.78. The smallest absolute Gasteiger partial charge is 0.240 e. The first-order chi connectivity index (χ1) is 16.0. The molecule has 3 heterocycles. The number of hydrogen-bond acceptors (Lipinski definition) is 6. The van der Waals surface area contributed by atoms with E-state index in [2.05, 4.69) is 46.1 Å². The summed E-state index contributed by atoms with van der Waals surface area (Å²) < 4.78 is 5.76. The van der Waals surface area contributed by atoms with Crippen molar-refractivity contribution in [1.82, 2.24) is 19.9 Å². The van der Waals surface area contributed by atoms with Crippen molar-refractivity contribution in [3.63, 3.8) is 0 Å². The predicted molar refractivity (Wildman–Crippen MR) is 127 cm³/mol. The molecule has 0 radical (unpaired) electrons. The van der Waals surface area contributed by atoms with Gasteiger partial charge < -0.3 is 10.3 Å². The monoisotopic (exact) mass is 451 g/mol. The van der Waals surface area contributed by atoms with Crippen molar-refractivity contribution < 1.29 is 9.32 Å². The molecule has 178 valence electrons. The van der Waals surface area contributed by atoms with Crippen molar-refractivity contribution in [2.75, 3.05) is 26.2 Å². The second kappa shape index (κ2) is 9.18. The average Bonchev–Trinajstić information content (AvgIpc) is 3.51. The predicted octanol–water partition coefficient (Wildman–Crippen LogP) is 3.54. The van der Waals surface area contributed by atoms with Crippen LogP contribution in [0.15, 0.2) is 28.8 Å². The molecule has 3 aliphatic rings. The van der Waals surface area contributed by atoms with Gasteiger partial charge >= 0.3 is 0 Å². The molecule has 1 amide bonds. The van der Waals surface area contributed by atoms with E-state index in [9.17, 15) is 4.79 Å². The SMILES string of the molecule is Cc1ccc(C2(c3noc(CN4CCC(C(N)=O)(N5CCCCC5)CC4)n3)CCCC2)cc1. The van der Waals surface area contributed by atoms with Gasteiger partial charge in [0.05, 0.1) is 12.0 Å². The molecule has 2 aliphatic heterocycles. The number of carbonyl (C=O) groups is 1. The molecule has 1 aromatic carbocycles. The fourth-order valence-corrected chi connectivity index (χ4v) is 6.32. The Bertz CT molecular complexity index is 949. The highest BCUT2D eigenvalue weighted by atomic mass is 16.5. The number of carbonyl (C=O) groups excluding carboxylic acids is 1. The van der Waals surface area contributed by atoms with Gasteiger partial charge in [-0.3, -0.25) is 14.6 Å². The summed E-state index contributed by atoms with van der Waals surface area (Å²) in [6.07, 6.45) is 9.63. The van der Waals surface area contributed by atoms with E-state index >= 15 is 0 Å². The minimum absolute atomic E-state index is 0.132. The molecule has 2 saturated heterocycles. The molecule has 7 nitrogen and oxygen atoms in total. The van der Waals surface area contributed by atoms with Crippen LogP contribution >= 0.6 is 0 Å². The number of likely N-dealkylation sites (tertiary alicyclic amines) is 2. The van der Waals surface area contributed by atoms with Gasteiger partial charge in [0.2, 0.25) is 11.8 Å². The van der Waals surface area contributed by atoms with Crippen LogP contribution in [-0.4, -0.2) is 57.6 Å². The van der Waals surface area contributed by atoms with Crippen LogP contribution in [0.1, 0.15) is 80.6 Å². The van der Waals surface area contributed by atoms with E-state index in [-0.39, 0.29) is 11.3 Å². The quantitative estimate of drug-likeness (QED) is 0.723. The minimum Gasteiger partial charge on any atom is -0.368 e. The van der Waals surface area contributed by atoms with Gasteiger partial charge in [0.1, 0.15) is 5.54 Å². The number of nitrogens with zero attached hydrogens (tertiary/aromatic N) is 4. The molecule has 5 rings (SSSR count). The fraction of sp³-hybridized carbons (Fsp3) is 0.654. The normalized spacial score (nSPS) is 23.5. The number of benzene rings is 1. The van der Waals surface area contributed by atoms with E-state index in [4.69, 9.17) is 15.2 Å². The summed E-state index contributed by atoms with van der Waals surface area (Å²) in [6.45, 7) is 6.36. The van der Waals surface area contributed by atoms with Crippen LogP contribution in [0.5, 0.6) is 0 Å². The van der Waals surface area contributed by atoms with Crippen molar-refractivity contribution in [3.05, 3.63) is 47.1 Å². The topological polar surface area (TPSA) is 88.5 Å². The number of primary amides is 1. The highest BCUT2D eigenvalue weighted by Crippen LogP contribution is 2.45. The lowest BCUT2D eigenvalue weighted by molar-refractivity contribution is -0.135. The maximum atomic E-state index is 12.5. The maximum Gasteiger partial charge on any atom is 0.240 e. The van der Waals surface area contributed by atoms with E-state index in [1.54, 1.807) is 0 Å². The second-order valence-corrected chi connectivity index (χ2v) is 10.4. The first kappa shape index (κ1) is 22.5. The number of nitrogens with two attached hydrogens (primary N) is 1. The zero-order valence-electron chi connectivity index (χ0n) is 19.9. The fourth-order valence-electron chi connectivity index (χ4n) is 6.32. The number of aryl methyl sites for hydroxylation is 1. The van der Waals surface area contributed by atoms with Crippen molar-refractivity contribution >= 4 is 5.91 Å². The third-order valence-corrected chi connectivity index (χ3v) is 8.42. The lowest BCUT2D eigenvalue weighted by Crippen LogP contribution is -2.63. The summed E-state index contributed by atoms with van der Waals surface area (Å²) >= 11 is 0. The first-order valence-corrected chi connectivity index (χ1v) is 12.7. The molecule has 0 atom stereocenters. The number of piperidine rings is 2. The number of rotatable bonds is 6. The maximum absolute atomic E-state index is 12.5. The van der Waals surface area contributed by atoms with Crippen LogP contribution in [0.4, 0.5) is 0 Å². The number of hydrogen-bond donors (Lipinski definition) is 1. The molecular formula is C26H37N5O2. The van der Waals surface area contributed by atoms with Crippen molar-refractivity contribution in [2.24, 2.45) is 5.73 Å². The van der Waals surface area contributed by atoms with Gasteiger partial charge in [0.15, 0.2) is 5.82 Å². The average molecular weight is 452 g/mol. The Morgan fingerprint density at radius 2 is 1.64 bits per heavy atom. The van der Waals surface area contributed by atoms with Gasteiger partial charge in [-0.1, -0.05) is 54.2 Å². The molecule has 7 heteroatoms. The Morgan fingerprint density at radius 3 is 2.27 bits per heavy atom. The van der Waals surface area contributed by atoms with Crippen LogP contribution in [-0.2, 0) is 16.8 Å². The second-order valence-electron chi connectivity index (χ2n) is 10.4. The standard InChI is InChI=1S/C26H37N5O2/c1-20-7-9-21(10-8-20)25(11-3-4-12-25)24-28-22(33-29-24)19-30-17-13-26(14-18-30,23(27)32)31-15-5-2-6-16-31/h7-10H,2-6,11-19H2,1H3,(H2,27,32). The largest absolute Gasteiger partial charge is 0.368 e. The molecule has 1 saturated carbocycles. The van der Waals surface area contributed by atoms with E-state index in [0.717, 1.165) is 70.5 Å². The van der Waals surface area contributed by atoms with E-state index in [1.165, 1.54) is 30.4 Å².